The van der Waals surface area contributed by atoms with Gasteiger partial charge in [0.2, 0.25) is 15.8 Å². The number of rotatable bonds is 5. The molecule has 0 radical (unpaired) electrons. The van der Waals surface area contributed by atoms with Gasteiger partial charge in [-0.1, -0.05) is 0 Å². The molecule has 0 aliphatic rings. The lowest BCUT2D eigenvalue weighted by Gasteiger charge is -2.07. The monoisotopic (exact) mass is 315 g/mol. The van der Waals surface area contributed by atoms with Crippen LogP contribution >= 0.6 is 0 Å². The molecule has 11 heteroatoms. The van der Waals surface area contributed by atoms with Gasteiger partial charge in [-0.2, -0.15) is 9.49 Å². The zero-order chi connectivity index (χ0) is 15.6. The molecule has 2 rings (SSSR count). The first-order chi connectivity index (χ1) is 9.81. The summed E-state index contributed by atoms with van der Waals surface area (Å²) >= 11 is 0. The quantitative estimate of drug-likeness (QED) is 0.615. The van der Waals surface area contributed by atoms with Crippen LogP contribution in [-0.2, 0) is 16.6 Å². The average Bonchev–Trinajstić information content (AvgIpc) is 2.92. The molecule has 0 saturated carbocycles. The molecule has 1 heterocycles. The van der Waals surface area contributed by atoms with E-state index in [9.17, 15) is 22.9 Å². The number of hydrogen-bond donors (Lipinski definition) is 2. The number of aromatic nitrogens is 3. The smallest absolute Gasteiger partial charge is 0.262 e. The van der Waals surface area contributed by atoms with Crippen molar-refractivity contribution in [3.63, 3.8) is 0 Å². The zero-order valence-corrected chi connectivity index (χ0v) is 11.5. The lowest BCUT2D eigenvalue weighted by Crippen LogP contribution is -2.24. The van der Waals surface area contributed by atoms with E-state index in [2.05, 4.69) is 19.9 Å². The summed E-state index contributed by atoms with van der Waals surface area (Å²) in [6.07, 6.45) is 1.20. The Balaban J connectivity index is 2.33. The number of aryl methyl sites for hydroxylation is 1. The van der Waals surface area contributed by atoms with Crippen LogP contribution in [0.25, 0.3) is 0 Å². The molecule has 2 N–H and O–H groups in total. The van der Waals surface area contributed by atoms with Crippen molar-refractivity contribution >= 4 is 15.7 Å². The van der Waals surface area contributed by atoms with Crippen molar-refractivity contribution < 1.29 is 17.7 Å². The van der Waals surface area contributed by atoms with Crippen LogP contribution in [0.3, 0.4) is 0 Å². The van der Waals surface area contributed by atoms with E-state index >= 15 is 0 Å². The molecule has 21 heavy (non-hydrogen) atoms. The molecule has 0 aliphatic heterocycles. The highest BCUT2D eigenvalue weighted by atomic mass is 32.2. The number of hydrogen-bond acceptors (Lipinski definition) is 6. The van der Waals surface area contributed by atoms with Crippen LogP contribution in [0.2, 0.25) is 0 Å². The molecular formula is C10H10FN5O4S. The molecule has 0 atom stereocenters. The topological polar surface area (TPSA) is 131 Å². The summed E-state index contributed by atoms with van der Waals surface area (Å²) in [6, 6.07) is 1.69. The van der Waals surface area contributed by atoms with Gasteiger partial charge in [-0.05, 0) is 18.6 Å². The van der Waals surface area contributed by atoms with Crippen molar-refractivity contribution in [2.75, 3.05) is 0 Å². The Morgan fingerprint density at radius 3 is 2.76 bits per heavy atom. The number of nitrogens with zero attached hydrogens (tertiary/aromatic N) is 3. The van der Waals surface area contributed by atoms with Gasteiger partial charge in [0, 0.05) is 6.07 Å². The molecule has 112 valence electrons. The first-order valence-electron chi connectivity index (χ1n) is 5.59. The highest BCUT2D eigenvalue weighted by Crippen LogP contribution is 2.25. The van der Waals surface area contributed by atoms with Crippen LogP contribution in [0.4, 0.5) is 10.1 Å². The van der Waals surface area contributed by atoms with Crippen molar-refractivity contribution in [3.8, 4) is 0 Å². The Hall–Kier alpha value is -2.40. The molecule has 0 saturated heterocycles. The maximum absolute atomic E-state index is 13.5. The molecule has 9 nitrogen and oxygen atoms in total. The minimum atomic E-state index is -4.04. The first-order valence-corrected chi connectivity index (χ1v) is 7.08. The third-order valence-corrected chi connectivity index (χ3v) is 3.99. The highest BCUT2D eigenvalue weighted by Gasteiger charge is 2.23. The minimum absolute atomic E-state index is 0.135. The number of nitro groups is 1. The van der Waals surface area contributed by atoms with Crippen LogP contribution in [0.1, 0.15) is 11.4 Å². The van der Waals surface area contributed by atoms with Gasteiger partial charge in [-0.3, -0.25) is 15.2 Å². The van der Waals surface area contributed by atoms with Crippen molar-refractivity contribution in [2.45, 2.75) is 18.4 Å². The lowest BCUT2D eigenvalue weighted by atomic mass is 10.2. The number of nitro benzene ring substituents is 1. The van der Waals surface area contributed by atoms with Gasteiger partial charge < -0.3 is 0 Å². The molecule has 0 spiro atoms. The summed E-state index contributed by atoms with van der Waals surface area (Å²) in [5.41, 5.74) is -1.03. The predicted molar refractivity (Wildman–Crippen MR) is 68.2 cm³/mol. The normalized spacial score (nSPS) is 11.5. The Bertz CT molecular complexity index is 775. The number of halogens is 1. The van der Waals surface area contributed by atoms with E-state index in [1.807, 2.05) is 0 Å². The molecule has 0 amide bonds. The molecule has 0 fully saturated rings. The molecule has 0 unspecified atom stereocenters. The van der Waals surface area contributed by atoms with Gasteiger partial charge in [0.05, 0.1) is 16.4 Å². The second-order valence-electron chi connectivity index (χ2n) is 4.09. The van der Waals surface area contributed by atoms with Gasteiger partial charge in [0.1, 0.15) is 12.2 Å². The van der Waals surface area contributed by atoms with Gasteiger partial charge in [0.15, 0.2) is 0 Å². The van der Waals surface area contributed by atoms with E-state index in [4.69, 9.17) is 0 Å². The molecule has 1 aromatic heterocycles. The van der Waals surface area contributed by atoms with Crippen LogP contribution in [0, 0.1) is 22.9 Å². The summed E-state index contributed by atoms with van der Waals surface area (Å²) < 4.78 is 39.8. The maximum atomic E-state index is 13.5. The van der Waals surface area contributed by atoms with E-state index in [1.54, 1.807) is 0 Å². The summed E-state index contributed by atoms with van der Waals surface area (Å²) in [6.45, 7) is 1.07. The van der Waals surface area contributed by atoms with Gasteiger partial charge in [-0.15, -0.1) is 0 Å². The van der Waals surface area contributed by atoms with E-state index in [0.717, 1.165) is 6.07 Å². The fourth-order valence-electron chi connectivity index (χ4n) is 1.57. The maximum Gasteiger partial charge on any atom is 0.306 e. The second kappa shape index (κ2) is 5.54. The molecule has 1 aromatic carbocycles. The predicted octanol–water partition coefficient (Wildman–Crippen LogP) is 0.639. The number of aromatic amines is 1. The number of sulfonamides is 1. The number of benzene rings is 1. The summed E-state index contributed by atoms with van der Waals surface area (Å²) in [7, 11) is -4.04. The highest BCUT2D eigenvalue weighted by molar-refractivity contribution is 7.89. The van der Waals surface area contributed by atoms with Crippen LogP contribution < -0.4 is 4.72 Å². The molecule has 0 bridgehead atoms. The Morgan fingerprint density at radius 1 is 1.48 bits per heavy atom. The number of nitrogens with one attached hydrogen (secondary N) is 2. The third-order valence-electron chi connectivity index (χ3n) is 2.61. The molecule has 2 aromatic rings. The summed E-state index contributed by atoms with van der Waals surface area (Å²) in [5.74, 6) is -0.791. The zero-order valence-electron chi connectivity index (χ0n) is 10.7. The van der Waals surface area contributed by atoms with E-state index in [1.165, 1.54) is 13.3 Å². The Labute approximate surface area is 118 Å². The summed E-state index contributed by atoms with van der Waals surface area (Å²) in [5, 5.41) is 16.7. The standard InChI is InChI=1S/C10H10FN5O4S/c1-6-2-7(3-8(10(6)11)16(17)18)21(19,20)14-4-9-12-5-13-15-9/h2-3,5,14H,4H2,1H3,(H,12,13,15). The van der Waals surface area contributed by atoms with Gasteiger partial charge >= 0.3 is 5.69 Å². The van der Waals surface area contributed by atoms with Crippen molar-refractivity contribution in [3.05, 3.63) is 45.8 Å². The van der Waals surface area contributed by atoms with Crippen molar-refractivity contribution in [1.29, 1.82) is 0 Å². The fraction of sp³-hybridized carbons (Fsp3) is 0.200. The molecular weight excluding hydrogens is 305 g/mol. The summed E-state index contributed by atoms with van der Waals surface area (Å²) in [4.78, 5) is 13.1. The van der Waals surface area contributed by atoms with E-state index in [-0.39, 0.29) is 17.9 Å². The molecule has 0 aliphatic carbocycles. The van der Waals surface area contributed by atoms with Crippen LogP contribution in [0.15, 0.2) is 23.4 Å². The Kier molecular flexibility index (Phi) is 3.95. The second-order valence-corrected chi connectivity index (χ2v) is 5.85. The first kappa shape index (κ1) is 15.0. The van der Waals surface area contributed by atoms with Crippen LogP contribution in [0.5, 0.6) is 0 Å². The average molecular weight is 315 g/mol. The van der Waals surface area contributed by atoms with Crippen molar-refractivity contribution in [1.82, 2.24) is 19.9 Å². The number of H-pyrrole nitrogens is 1. The van der Waals surface area contributed by atoms with E-state index in [0.29, 0.717) is 6.07 Å². The minimum Gasteiger partial charge on any atom is -0.262 e. The lowest BCUT2D eigenvalue weighted by molar-refractivity contribution is -0.387. The third kappa shape index (κ3) is 3.20. The largest absolute Gasteiger partial charge is 0.306 e. The van der Waals surface area contributed by atoms with Gasteiger partial charge in [0.25, 0.3) is 0 Å². The van der Waals surface area contributed by atoms with E-state index < -0.39 is 31.3 Å². The Morgan fingerprint density at radius 2 is 2.19 bits per heavy atom. The van der Waals surface area contributed by atoms with Crippen molar-refractivity contribution in [2.24, 2.45) is 0 Å². The fourth-order valence-corrected chi connectivity index (χ4v) is 2.66. The van der Waals surface area contributed by atoms with Gasteiger partial charge in [-0.25, -0.2) is 18.1 Å². The SMILES string of the molecule is Cc1cc(S(=O)(=O)NCc2ncn[nH]2)cc([N+](=O)[O-])c1F. The van der Waals surface area contributed by atoms with Crippen LogP contribution in [-0.4, -0.2) is 28.5 Å².